The zero-order valence-corrected chi connectivity index (χ0v) is 19.7. The third kappa shape index (κ3) is 10.4. The molecular weight excluding hydrogens is 488 g/mol. The molecule has 0 saturated heterocycles. The lowest BCUT2D eigenvalue weighted by Gasteiger charge is -2.19. The first-order valence-electron chi connectivity index (χ1n) is 9.74. The predicted octanol–water partition coefficient (Wildman–Crippen LogP) is 1.90. The molecule has 0 aliphatic carbocycles. The van der Waals surface area contributed by atoms with E-state index in [0.29, 0.717) is 45.0 Å². The molecule has 164 valence electrons. The third-order valence-corrected chi connectivity index (χ3v) is 4.36. The van der Waals surface area contributed by atoms with E-state index in [1.54, 1.807) is 17.0 Å². The molecule has 1 atom stereocenters. The molecule has 2 amide bonds. The number of amides is 2. The molecule has 1 unspecified atom stereocenters. The Hall–Kier alpha value is -1.91. The van der Waals surface area contributed by atoms with E-state index in [-0.39, 0.29) is 42.2 Å². The van der Waals surface area contributed by atoms with Gasteiger partial charge in [-0.1, -0.05) is 12.1 Å². The topological polar surface area (TPSA) is 99.8 Å². The van der Waals surface area contributed by atoms with Gasteiger partial charge in [0, 0.05) is 32.6 Å². The highest BCUT2D eigenvalue weighted by Gasteiger charge is 2.16. The van der Waals surface area contributed by atoms with Crippen LogP contribution in [0.2, 0.25) is 0 Å². The molecule has 0 bridgehead atoms. The van der Waals surface area contributed by atoms with E-state index in [9.17, 15) is 14.0 Å². The SMILES string of the molecule is CCNC(=NCC(Cc1ccc(F)cc1)C(N)=O)NCCC(=O)N(CC)CC.I. The quantitative estimate of drug-likeness (QED) is 0.235. The number of carbonyl (C=O) groups excluding carboxylic acids is 2. The highest BCUT2D eigenvalue weighted by Crippen LogP contribution is 2.10. The summed E-state index contributed by atoms with van der Waals surface area (Å²) in [6.45, 7) is 8.50. The molecule has 0 aliphatic heterocycles. The van der Waals surface area contributed by atoms with Crippen LogP contribution < -0.4 is 16.4 Å². The van der Waals surface area contributed by atoms with Crippen molar-refractivity contribution in [2.45, 2.75) is 33.6 Å². The van der Waals surface area contributed by atoms with Gasteiger partial charge in [-0.25, -0.2) is 4.39 Å². The highest BCUT2D eigenvalue weighted by atomic mass is 127. The van der Waals surface area contributed by atoms with E-state index in [0.717, 1.165) is 5.56 Å². The number of guanidine groups is 1. The van der Waals surface area contributed by atoms with E-state index in [1.165, 1.54) is 12.1 Å². The summed E-state index contributed by atoms with van der Waals surface area (Å²) in [4.78, 5) is 30.0. The van der Waals surface area contributed by atoms with Crippen molar-refractivity contribution in [1.82, 2.24) is 15.5 Å². The number of rotatable bonds is 11. The van der Waals surface area contributed by atoms with Gasteiger partial charge in [-0.3, -0.25) is 14.6 Å². The largest absolute Gasteiger partial charge is 0.369 e. The first-order valence-corrected chi connectivity index (χ1v) is 9.74. The number of nitrogens with one attached hydrogen (secondary N) is 2. The van der Waals surface area contributed by atoms with E-state index in [4.69, 9.17) is 5.73 Å². The fourth-order valence-electron chi connectivity index (χ4n) is 2.73. The molecule has 0 heterocycles. The Kier molecular flexibility index (Phi) is 14.0. The molecule has 0 aliphatic rings. The predicted molar refractivity (Wildman–Crippen MR) is 125 cm³/mol. The van der Waals surface area contributed by atoms with Crippen LogP contribution in [0.5, 0.6) is 0 Å². The van der Waals surface area contributed by atoms with Crippen LogP contribution in [0.4, 0.5) is 4.39 Å². The monoisotopic (exact) mass is 521 g/mol. The summed E-state index contributed by atoms with van der Waals surface area (Å²) in [5, 5.41) is 6.20. The lowest BCUT2D eigenvalue weighted by atomic mass is 9.99. The van der Waals surface area contributed by atoms with Gasteiger partial charge in [0.25, 0.3) is 0 Å². The van der Waals surface area contributed by atoms with Crippen molar-refractivity contribution in [2.24, 2.45) is 16.6 Å². The number of hydrogen-bond acceptors (Lipinski definition) is 3. The summed E-state index contributed by atoms with van der Waals surface area (Å²) in [6.07, 6.45) is 0.750. The molecular formula is C20H33FIN5O2. The van der Waals surface area contributed by atoms with Crippen LogP contribution >= 0.6 is 24.0 Å². The van der Waals surface area contributed by atoms with Crippen LogP contribution in [0.15, 0.2) is 29.3 Å². The Balaban J connectivity index is 0.00000784. The number of nitrogens with two attached hydrogens (primary N) is 1. The maximum atomic E-state index is 13.0. The van der Waals surface area contributed by atoms with Crippen LogP contribution in [0, 0.1) is 11.7 Å². The van der Waals surface area contributed by atoms with Gasteiger partial charge in [0.2, 0.25) is 11.8 Å². The lowest BCUT2D eigenvalue weighted by molar-refractivity contribution is -0.130. The molecule has 7 nitrogen and oxygen atoms in total. The van der Waals surface area contributed by atoms with Gasteiger partial charge in [0.05, 0.1) is 12.5 Å². The molecule has 0 radical (unpaired) electrons. The normalized spacial score (nSPS) is 11.9. The zero-order valence-electron chi connectivity index (χ0n) is 17.4. The van der Waals surface area contributed by atoms with Crippen LogP contribution in [-0.2, 0) is 16.0 Å². The van der Waals surface area contributed by atoms with Gasteiger partial charge < -0.3 is 21.3 Å². The van der Waals surface area contributed by atoms with E-state index in [1.807, 2.05) is 20.8 Å². The van der Waals surface area contributed by atoms with Crippen LogP contribution in [0.25, 0.3) is 0 Å². The summed E-state index contributed by atoms with van der Waals surface area (Å²) in [5.74, 6) is -0.672. The first-order chi connectivity index (χ1) is 13.4. The number of nitrogens with zero attached hydrogens (tertiary/aromatic N) is 2. The van der Waals surface area contributed by atoms with Gasteiger partial charge in [0.15, 0.2) is 5.96 Å². The van der Waals surface area contributed by atoms with Gasteiger partial charge >= 0.3 is 0 Å². The minimum Gasteiger partial charge on any atom is -0.369 e. The van der Waals surface area contributed by atoms with E-state index in [2.05, 4.69) is 15.6 Å². The standard InChI is InChI=1S/C20H32FN5O2.HI/c1-4-23-20(24-12-11-18(27)26(5-2)6-3)25-14-16(19(22)28)13-15-7-9-17(21)10-8-15;/h7-10,16H,4-6,11-14H2,1-3H3,(H2,22,28)(H2,23,24,25);1H. The van der Waals surface area contributed by atoms with Crippen molar-refractivity contribution >= 4 is 41.8 Å². The summed E-state index contributed by atoms with van der Waals surface area (Å²) in [7, 11) is 0. The van der Waals surface area contributed by atoms with Crippen molar-refractivity contribution in [3.63, 3.8) is 0 Å². The van der Waals surface area contributed by atoms with Crippen molar-refractivity contribution in [2.75, 3.05) is 32.7 Å². The molecule has 0 spiro atoms. The number of benzene rings is 1. The van der Waals surface area contributed by atoms with Crippen molar-refractivity contribution in [1.29, 1.82) is 0 Å². The number of primary amides is 1. The lowest BCUT2D eigenvalue weighted by Crippen LogP contribution is -2.40. The second kappa shape index (κ2) is 15.0. The van der Waals surface area contributed by atoms with Crippen LogP contribution in [0.3, 0.4) is 0 Å². The van der Waals surface area contributed by atoms with Crippen molar-refractivity contribution < 1.29 is 14.0 Å². The molecule has 9 heteroatoms. The molecule has 0 fully saturated rings. The first kappa shape index (κ1) is 27.1. The number of carbonyl (C=O) groups is 2. The summed E-state index contributed by atoms with van der Waals surface area (Å²) in [6, 6.07) is 5.99. The molecule has 1 aromatic rings. The molecule has 4 N–H and O–H groups in total. The zero-order chi connectivity index (χ0) is 20.9. The number of aliphatic imine (C=N–C) groups is 1. The van der Waals surface area contributed by atoms with Crippen molar-refractivity contribution in [3.8, 4) is 0 Å². The van der Waals surface area contributed by atoms with Gasteiger partial charge in [-0.15, -0.1) is 24.0 Å². The Morgan fingerprint density at radius 1 is 1.14 bits per heavy atom. The van der Waals surface area contributed by atoms with Gasteiger partial charge in [-0.2, -0.15) is 0 Å². The Bertz CT molecular complexity index is 651. The van der Waals surface area contributed by atoms with Crippen molar-refractivity contribution in [3.05, 3.63) is 35.6 Å². The maximum Gasteiger partial charge on any atom is 0.224 e. The average molecular weight is 521 g/mol. The Morgan fingerprint density at radius 2 is 1.76 bits per heavy atom. The molecule has 0 aromatic heterocycles. The maximum absolute atomic E-state index is 13.0. The second-order valence-electron chi connectivity index (χ2n) is 6.39. The third-order valence-electron chi connectivity index (χ3n) is 4.36. The minimum atomic E-state index is -0.502. The number of hydrogen-bond donors (Lipinski definition) is 3. The van der Waals surface area contributed by atoms with Gasteiger partial charge in [-0.05, 0) is 44.9 Å². The summed E-state index contributed by atoms with van der Waals surface area (Å²) >= 11 is 0. The Morgan fingerprint density at radius 3 is 2.28 bits per heavy atom. The average Bonchev–Trinajstić information content (AvgIpc) is 2.67. The summed E-state index contributed by atoms with van der Waals surface area (Å²) in [5.41, 5.74) is 6.33. The van der Waals surface area contributed by atoms with E-state index >= 15 is 0 Å². The fourth-order valence-corrected chi connectivity index (χ4v) is 2.73. The molecule has 1 aromatic carbocycles. The van der Waals surface area contributed by atoms with Crippen LogP contribution in [-0.4, -0.2) is 55.4 Å². The fraction of sp³-hybridized carbons (Fsp3) is 0.550. The minimum absolute atomic E-state index is 0. The summed E-state index contributed by atoms with van der Waals surface area (Å²) < 4.78 is 13.0. The Labute approximate surface area is 189 Å². The van der Waals surface area contributed by atoms with Crippen LogP contribution in [0.1, 0.15) is 32.8 Å². The smallest absolute Gasteiger partial charge is 0.224 e. The second-order valence-corrected chi connectivity index (χ2v) is 6.39. The van der Waals surface area contributed by atoms with E-state index < -0.39 is 11.8 Å². The molecule has 1 rings (SSSR count). The molecule has 0 saturated carbocycles. The molecule has 29 heavy (non-hydrogen) atoms. The van der Waals surface area contributed by atoms with Gasteiger partial charge in [0.1, 0.15) is 5.82 Å². The number of halogens is 2. The highest BCUT2D eigenvalue weighted by molar-refractivity contribution is 14.0.